The predicted octanol–water partition coefficient (Wildman–Crippen LogP) is 9.93. The summed E-state index contributed by atoms with van der Waals surface area (Å²) < 4.78 is 65.1. The molecule has 0 saturated heterocycles. The van der Waals surface area contributed by atoms with Gasteiger partial charge < -0.3 is 9.84 Å². The number of unbranched alkanes of at least 4 members (excludes halogenated alkanes) is 1. The van der Waals surface area contributed by atoms with Gasteiger partial charge >= 0.3 is 0 Å². The van der Waals surface area contributed by atoms with E-state index in [9.17, 15) is 13.9 Å². The molecule has 0 aromatic heterocycles. The van der Waals surface area contributed by atoms with Gasteiger partial charge in [-0.25, -0.2) is 13.2 Å². The molecule has 1 N–H and O–H groups in total. The smallest absolute Gasteiger partial charge is 0.200 e. The molecule has 2 aromatic rings. The predicted molar refractivity (Wildman–Crippen MR) is 156 cm³/mol. The highest BCUT2D eigenvalue weighted by atomic mass is 19.2. The summed E-state index contributed by atoms with van der Waals surface area (Å²) in [7, 11) is 0. The van der Waals surface area contributed by atoms with Crippen LogP contribution in [0.4, 0.5) is 17.6 Å². The second kappa shape index (κ2) is 15.2. The van der Waals surface area contributed by atoms with Gasteiger partial charge in [-0.15, -0.1) is 6.58 Å². The highest BCUT2D eigenvalue weighted by Gasteiger charge is 2.30. The van der Waals surface area contributed by atoms with Gasteiger partial charge in [0.05, 0.1) is 12.7 Å². The number of ether oxygens (including phenoxy) is 1. The Hall–Kier alpha value is -2.34. The van der Waals surface area contributed by atoms with Crippen LogP contribution in [0.1, 0.15) is 119 Å². The number of aryl methyl sites for hydroxylation is 1. The molecule has 226 valence electrons. The van der Waals surface area contributed by atoms with Gasteiger partial charge in [-0.2, -0.15) is 4.39 Å². The molecule has 0 spiro atoms. The molecule has 41 heavy (non-hydrogen) atoms. The summed E-state index contributed by atoms with van der Waals surface area (Å²) in [5.74, 6) is -2.69. The van der Waals surface area contributed by atoms with E-state index >= 15 is 8.78 Å². The average molecular weight is 575 g/mol. The van der Waals surface area contributed by atoms with E-state index in [1.807, 2.05) is 0 Å². The first-order valence-electron chi connectivity index (χ1n) is 15.7. The summed E-state index contributed by atoms with van der Waals surface area (Å²) in [5.41, 5.74) is 1.28. The Balaban J connectivity index is 1.27. The first-order valence-corrected chi connectivity index (χ1v) is 15.7. The van der Waals surface area contributed by atoms with Crippen LogP contribution in [0.5, 0.6) is 5.75 Å². The monoisotopic (exact) mass is 574 g/mol. The lowest BCUT2D eigenvalue weighted by atomic mass is 9.75. The lowest BCUT2D eigenvalue weighted by Crippen LogP contribution is -2.25. The summed E-state index contributed by atoms with van der Waals surface area (Å²) in [5, 5.41) is 10.3. The van der Waals surface area contributed by atoms with E-state index in [4.69, 9.17) is 4.74 Å². The normalized spacial score (nSPS) is 23.8. The van der Waals surface area contributed by atoms with Crippen LogP contribution in [0.25, 0.3) is 0 Å². The SMILES string of the molecule is C=CCCCOc1ccc(C2CCC(CCc3ccc(C4CCC(C(O)CCC)CC4)c(F)c3F)CC2)c(F)c1F. The van der Waals surface area contributed by atoms with Crippen LogP contribution in [0.15, 0.2) is 36.9 Å². The second-order valence-corrected chi connectivity index (χ2v) is 12.2. The van der Waals surface area contributed by atoms with Crippen molar-refractivity contribution in [3.63, 3.8) is 0 Å². The number of allylic oxidation sites excluding steroid dienone is 1. The van der Waals surface area contributed by atoms with Crippen LogP contribution in [-0.4, -0.2) is 17.8 Å². The van der Waals surface area contributed by atoms with Crippen molar-refractivity contribution in [3.05, 3.63) is 76.9 Å². The topological polar surface area (TPSA) is 29.5 Å². The van der Waals surface area contributed by atoms with Crippen LogP contribution in [0, 0.1) is 35.1 Å². The third-order valence-corrected chi connectivity index (χ3v) is 9.53. The molecule has 0 aliphatic heterocycles. The van der Waals surface area contributed by atoms with E-state index < -0.39 is 23.3 Å². The maximum atomic E-state index is 15.1. The summed E-state index contributed by atoms with van der Waals surface area (Å²) >= 11 is 0. The Kier molecular flexibility index (Phi) is 11.7. The Morgan fingerprint density at radius 2 is 1.46 bits per heavy atom. The van der Waals surface area contributed by atoms with Crippen molar-refractivity contribution in [1.82, 2.24) is 0 Å². The van der Waals surface area contributed by atoms with Crippen molar-refractivity contribution in [3.8, 4) is 5.75 Å². The van der Waals surface area contributed by atoms with Gasteiger partial charge in [-0.1, -0.05) is 37.6 Å². The zero-order valence-electron chi connectivity index (χ0n) is 24.5. The van der Waals surface area contributed by atoms with Crippen molar-refractivity contribution >= 4 is 0 Å². The molecular formula is C35H46F4O2. The Bertz CT molecular complexity index is 1130. The number of halogens is 4. The van der Waals surface area contributed by atoms with E-state index in [-0.39, 0.29) is 29.6 Å². The molecule has 2 saturated carbocycles. The minimum atomic E-state index is -0.925. The standard InChI is InChI=1S/C35H46F4O2/c1-3-5-6-22-41-31-21-20-29(34(38)35(31)39)24-11-8-23(9-12-24)10-13-27-18-19-28(33(37)32(27)36)25-14-16-26(17-15-25)30(40)7-4-2/h3,18-21,23-26,30,40H,1,4-17,22H2,2H3. The van der Waals surface area contributed by atoms with Gasteiger partial charge in [0.15, 0.2) is 23.2 Å². The minimum absolute atomic E-state index is 0.00187. The van der Waals surface area contributed by atoms with E-state index in [1.54, 1.807) is 24.3 Å². The fourth-order valence-corrected chi connectivity index (χ4v) is 6.96. The Labute approximate surface area is 243 Å². The first kappa shape index (κ1) is 31.6. The van der Waals surface area contributed by atoms with Crippen molar-refractivity contribution in [2.75, 3.05) is 6.61 Å². The molecule has 2 aromatic carbocycles. The fourth-order valence-electron chi connectivity index (χ4n) is 6.96. The number of aliphatic hydroxyl groups excluding tert-OH is 1. The van der Waals surface area contributed by atoms with Gasteiger partial charge in [-0.05, 0) is 130 Å². The summed E-state index contributed by atoms with van der Waals surface area (Å²) in [4.78, 5) is 0. The molecule has 2 aliphatic rings. The summed E-state index contributed by atoms with van der Waals surface area (Å²) in [6.07, 6.45) is 12.3. The number of rotatable bonds is 13. The van der Waals surface area contributed by atoms with Crippen molar-refractivity contribution < 1.29 is 27.4 Å². The molecule has 2 aliphatic carbocycles. The maximum absolute atomic E-state index is 15.1. The molecule has 0 amide bonds. The first-order chi connectivity index (χ1) is 19.8. The fraction of sp³-hybridized carbons (Fsp3) is 0.600. The van der Waals surface area contributed by atoms with Crippen molar-refractivity contribution in [2.45, 2.75) is 115 Å². The Morgan fingerprint density at radius 3 is 2.10 bits per heavy atom. The van der Waals surface area contributed by atoms with Crippen LogP contribution in [0.3, 0.4) is 0 Å². The highest BCUT2D eigenvalue weighted by molar-refractivity contribution is 5.33. The molecule has 1 unspecified atom stereocenters. The minimum Gasteiger partial charge on any atom is -0.490 e. The molecule has 0 bridgehead atoms. The largest absolute Gasteiger partial charge is 0.490 e. The molecular weight excluding hydrogens is 528 g/mol. The average Bonchev–Trinajstić information content (AvgIpc) is 2.99. The lowest BCUT2D eigenvalue weighted by Gasteiger charge is -2.32. The molecule has 6 heteroatoms. The van der Waals surface area contributed by atoms with Crippen molar-refractivity contribution in [2.24, 2.45) is 11.8 Å². The number of hydrogen-bond donors (Lipinski definition) is 1. The quantitative estimate of drug-likeness (QED) is 0.147. The van der Waals surface area contributed by atoms with Gasteiger partial charge in [0.2, 0.25) is 5.82 Å². The molecule has 0 heterocycles. The number of aliphatic hydroxyl groups is 1. The zero-order valence-corrected chi connectivity index (χ0v) is 24.5. The van der Waals surface area contributed by atoms with Crippen LogP contribution >= 0.6 is 0 Å². The summed E-state index contributed by atoms with van der Waals surface area (Å²) in [6.45, 7) is 6.01. The highest BCUT2D eigenvalue weighted by Crippen LogP contribution is 2.41. The molecule has 2 fully saturated rings. The Morgan fingerprint density at radius 1 is 0.854 bits per heavy atom. The van der Waals surface area contributed by atoms with E-state index in [0.29, 0.717) is 42.1 Å². The molecule has 2 nitrogen and oxygen atoms in total. The third-order valence-electron chi connectivity index (χ3n) is 9.53. The van der Waals surface area contributed by atoms with Gasteiger partial charge in [-0.3, -0.25) is 0 Å². The summed E-state index contributed by atoms with van der Waals surface area (Å²) in [6, 6.07) is 6.68. The lowest BCUT2D eigenvalue weighted by molar-refractivity contribution is 0.0727. The van der Waals surface area contributed by atoms with Gasteiger partial charge in [0.25, 0.3) is 0 Å². The molecule has 4 rings (SSSR count). The van der Waals surface area contributed by atoms with Gasteiger partial charge in [0.1, 0.15) is 0 Å². The number of hydrogen-bond acceptors (Lipinski definition) is 2. The number of benzene rings is 2. The molecule has 1 atom stereocenters. The molecule has 0 radical (unpaired) electrons. The van der Waals surface area contributed by atoms with Crippen LogP contribution < -0.4 is 4.74 Å². The second-order valence-electron chi connectivity index (χ2n) is 12.2. The maximum Gasteiger partial charge on any atom is 0.200 e. The van der Waals surface area contributed by atoms with E-state index in [2.05, 4.69) is 13.5 Å². The van der Waals surface area contributed by atoms with Crippen molar-refractivity contribution in [1.29, 1.82) is 0 Å². The van der Waals surface area contributed by atoms with E-state index in [1.165, 1.54) is 6.07 Å². The third kappa shape index (κ3) is 7.94. The van der Waals surface area contributed by atoms with Gasteiger partial charge in [0, 0.05) is 0 Å². The van der Waals surface area contributed by atoms with Crippen LogP contribution in [0.2, 0.25) is 0 Å². The van der Waals surface area contributed by atoms with E-state index in [0.717, 1.165) is 77.0 Å². The van der Waals surface area contributed by atoms with Crippen LogP contribution in [-0.2, 0) is 6.42 Å². The zero-order chi connectivity index (χ0) is 29.4.